The molecule has 0 aliphatic rings. The Morgan fingerprint density at radius 1 is 1.24 bits per heavy atom. The van der Waals surface area contributed by atoms with E-state index in [1.54, 1.807) is 6.92 Å². The fraction of sp³-hybridized carbons (Fsp3) is 0.786. The van der Waals surface area contributed by atoms with Crippen molar-refractivity contribution in [3.05, 3.63) is 12.2 Å². The minimum atomic E-state index is -2.00. The lowest BCUT2D eigenvalue weighted by Gasteiger charge is -2.73. The summed E-state index contributed by atoms with van der Waals surface area (Å²) in [5, 5.41) is 0.659. The third-order valence-corrected chi connectivity index (χ3v) is 10.6. The molecule has 0 unspecified atom stereocenters. The average molecular weight is 262 g/mol. The van der Waals surface area contributed by atoms with Gasteiger partial charge in [-0.15, -0.1) is 0 Å². The molecule has 0 atom stereocenters. The first-order valence-electron chi connectivity index (χ1n) is 6.11. The van der Waals surface area contributed by atoms with Gasteiger partial charge in [-0.05, 0) is 49.4 Å². The maximum Gasteiger partial charge on any atom is 0.333 e. The van der Waals surface area contributed by atoms with E-state index in [1.807, 2.05) is 0 Å². The molecule has 0 aliphatic carbocycles. The van der Waals surface area contributed by atoms with Crippen molar-refractivity contribution in [3.63, 3.8) is 0 Å². The monoisotopic (exact) mass is 262 g/mol. The summed E-state index contributed by atoms with van der Waals surface area (Å²) in [7, 11) is -2.00. The van der Waals surface area contributed by atoms with E-state index >= 15 is 0 Å². The highest BCUT2D eigenvalue weighted by Gasteiger charge is 2.45. The standard InChI is InChI=1S/C14H30O2S/c1-12(2)14(15)16-10-9-11-17(5,6,7,8)13(3)4/h13H,1,9-11H2,2-8H3. The zero-order valence-electron chi connectivity index (χ0n) is 12.6. The molecule has 0 saturated carbocycles. The van der Waals surface area contributed by atoms with E-state index in [9.17, 15) is 4.79 Å². The van der Waals surface area contributed by atoms with Crippen LogP contribution in [0.4, 0.5) is 0 Å². The Morgan fingerprint density at radius 2 is 1.71 bits per heavy atom. The van der Waals surface area contributed by atoms with Crippen molar-refractivity contribution in [2.24, 2.45) is 0 Å². The van der Waals surface area contributed by atoms with Crippen LogP contribution >= 0.6 is 8.29 Å². The van der Waals surface area contributed by atoms with Crippen LogP contribution in [0, 0.1) is 0 Å². The largest absolute Gasteiger partial charge is 0.462 e. The molecule has 0 fully saturated rings. The fourth-order valence-electron chi connectivity index (χ4n) is 1.24. The number of rotatable bonds is 6. The molecule has 0 amide bonds. The predicted octanol–water partition coefficient (Wildman–Crippen LogP) is 3.30. The van der Waals surface area contributed by atoms with Gasteiger partial charge in [0.1, 0.15) is 0 Å². The summed E-state index contributed by atoms with van der Waals surface area (Å²) in [6.45, 7) is 10.3. The van der Waals surface area contributed by atoms with Gasteiger partial charge in [-0.2, -0.15) is 0 Å². The van der Waals surface area contributed by atoms with Crippen molar-refractivity contribution in [1.82, 2.24) is 0 Å². The highest BCUT2D eigenvalue weighted by atomic mass is 32.4. The number of esters is 1. The Labute approximate surface area is 106 Å². The molecular weight excluding hydrogens is 232 g/mol. The molecule has 0 spiro atoms. The van der Waals surface area contributed by atoms with E-state index in [0.717, 1.165) is 12.2 Å². The van der Waals surface area contributed by atoms with Gasteiger partial charge < -0.3 is 4.74 Å². The second kappa shape index (κ2) is 4.34. The van der Waals surface area contributed by atoms with Crippen molar-refractivity contribution in [2.75, 3.05) is 37.4 Å². The predicted molar refractivity (Wildman–Crippen MR) is 81.7 cm³/mol. The average Bonchev–Trinajstić information content (AvgIpc) is 2.10. The minimum absolute atomic E-state index is 0.276. The summed E-state index contributed by atoms with van der Waals surface area (Å²) in [5.74, 6) is 0.850. The summed E-state index contributed by atoms with van der Waals surface area (Å²) in [4.78, 5) is 11.2. The molecule has 0 aromatic rings. The zero-order valence-corrected chi connectivity index (χ0v) is 13.4. The molecule has 0 heterocycles. The van der Waals surface area contributed by atoms with Crippen LogP contribution in [0.25, 0.3) is 0 Å². The number of hydrogen-bond acceptors (Lipinski definition) is 2. The van der Waals surface area contributed by atoms with Crippen LogP contribution in [0.15, 0.2) is 12.2 Å². The second-order valence-electron chi connectivity index (χ2n) is 7.74. The van der Waals surface area contributed by atoms with Crippen molar-refractivity contribution < 1.29 is 9.53 Å². The maximum atomic E-state index is 11.2. The van der Waals surface area contributed by atoms with E-state index in [0.29, 0.717) is 17.4 Å². The van der Waals surface area contributed by atoms with Gasteiger partial charge in [0.05, 0.1) is 6.61 Å². The number of hydrogen-bond donors (Lipinski definition) is 0. The van der Waals surface area contributed by atoms with Crippen LogP contribution < -0.4 is 0 Å². The van der Waals surface area contributed by atoms with Crippen LogP contribution in [0.5, 0.6) is 0 Å². The molecule has 0 N–H and O–H groups in total. The van der Waals surface area contributed by atoms with Crippen molar-refractivity contribution in [1.29, 1.82) is 0 Å². The van der Waals surface area contributed by atoms with E-state index in [-0.39, 0.29) is 5.97 Å². The molecule has 104 valence electrons. The molecule has 0 aliphatic heterocycles. The van der Waals surface area contributed by atoms with Gasteiger partial charge in [0.2, 0.25) is 0 Å². The summed E-state index contributed by atoms with van der Waals surface area (Å²) in [6.07, 6.45) is 10.6. The lowest BCUT2D eigenvalue weighted by Crippen LogP contribution is -2.42. The first-order valence-corrected chi connectivity index (χ1v) is 10.4. The Bertz CT molecular complexity index is 319. The van der Waals surface area contributed by atoms with Gasteiger partial charge >= 0.3 is 5.97 Å². The van der Waals surface area contributed by atoms with E-state index < -0.39 is 8.29 Å². The maximum absolute atomic E-state index is 11.2. The summed E-state index contributed by atoms with van der Waals surface area (Å²) in [6, 6.07) is 0. The Balaban J connectivity index is 4.32. The zero-order chi connectivity index (χ0) is 14.0. The fourth-order valence-corrected chi connectivity index (χ4v) is 3.15. The lowest BCUT2D eigenvalue weighted by atomic mass is 10.4. The molecule has 0 radical (unpaired) electrons. The topological polar surface area (TPSA) is 26.3 Å². The van der Waals surface area contributed by atoms with Crippen molar-refractivity contribution in [3.8, 4) is 0 Å². The Kier molecular flexibility index (Phi) is 4.23. The molecule has 3 heteroatoms. The number of ether oxygens (including phenoxy) is 1. The molecule has 0 rings (SSSR count). The Hall–Kier alpha value is -0.440. The number of carbonyl (C=O) groups excluding carboxylic acids is 1. The minimum Gasteiger partial charge on any atom is -0.462 e. The normalized spacial score (nSPS) is 16.2. The SMILES string of the molecule is C=C(C)C(=O)OCCCS(C)(C)(C)(C)C(C)C. The highest BCUT2D eigenvalue weighted by Crippen LogP contribution is 2.81. The Morgan fingerprint density at radius 3 is 2.06 bits per heavy atom. The molecule has 2 nitrogen and oxygen atoms in total. The van der Waals surface area contributed by atoms with Crippen molar-refractivity contribution in [2.45, 2.75) is 32.4 Å². The van der Waals surface area contributed by atoms with Gasteiger partial charge in [0.25, 0.3) is 0 Å². The molecule has 0 saturated heterocycles. The van der Waals surface area contributed by atoms with Gasteiger partial charge in [-0.1, -0.05) is 20.4 Å². The third-order valence-electron chi connectivity index (χ3n) is 4.02. The third kappa shape index (κ3) is 5.15. The first-order chi connectivity index (χ1) is 7.29. The summed E-state index contributed by atoms with van der Waals surface area (Å²) < 4.78 is 5.15. The van der Waals surface area contributed by atoms with Crippen LogP contribution in [-0.4, -0.2) is 48.6 Å². The molecular formula is C14H30O2S. The summed E-state index contributed by atoms with van der Waals surface area (Å²) >= 11 is 0. The van der Waals surface area contributed by atoms with Crippen molar-refractivity contribution >= 4 is 14.3 Å². The summed E-state index contributed by atoms with van der Waals surface area (Å²) in [5.41, 5.74) is 0.473. The first kappa shape index (κ1) is 16.6. The quantitative estimate of drug-likeness (QED) is 0.417. The lowest BCUT2D eigenvalue weighted by molar-refractivity contribution is -0.138. The van der Waals surface area contributed by atoms with Crippen LogP contribution in [0.1, 0.15) is 27.2 Å². The smallest absolute Gasteiger partial charge is 0.333 e. The van der Waals surface area contributed by atoms with Crippen LogP contribution in [0.3, 0.4) is 0 Å². The van der Waals surface area contributed by atoms with E-state index in [1.165, 1.54) is 0 Å². The van der Waals surface area contributed by atoms with E-state index in [2.05, 4.69) is 45.4 Å². The second-order valence-corrected chi connectivity index (χ2v) is 18.5. The molecule has 0 bridgehead atoms. The van der Waals surface area contributed by atoms with Crippen LogP contribution in [0.2, 0.25) is 0 Å². The van der Waals surface area contributed by atoms with Gasteiger partial charge in [0, 0.05) is 5.57 Å². The molecule has 0 aromatic carbocycles. The van der Waals surface area contributed by atoms with Gasteiger partial charge in [0.15, 0.2) is 0 Å². The van der Waals surface area contributed by atoms with Crippen LogP contribution in [-0.2, 0) is 9.53 Å². The van der Waals surface area contributed by atoms with Gasteiger partial charge in [-0.3, -0.25) is 8.29 Å². The van der Waals surface area contributed by atoms with E-state index in [4.69, 9.17) is 4.74 Å². The molecule has 0 aromatic heterocycles. The van der Waals surface area contributed by atoms with Gasteiger partial charge in [-0.25, -0.2) is 4.79 Å². The highest BCUT2D eigenvalue weighted by molar-refractivity contribution is 8.63. The molecule has 17 heavy (non-hydrogen) atoms. The number of carbonyl (C=O) groups is 1.